The van der Waals surface area contributed by atoms with Gasteiger partial charge in [0.25, 0.3) is 5.91 Å². The number of rotatable bonds is 7. The molecular formula is C16H23N3O8S3. The van der Waals surface area contributed by atoms with Crippen molar-refractivity contribution in [3.8, 4) is 0 Å². The van der Waals surface area contributed by atoms with Crippen LogP contribution in [0.25, 0.3) is 0 Å². The number of nitrogens with two attached hydrogens (primary N) is 1. The third kappa shape index (κ3) is 5.22. The lowest BCUT2D eigenvalue weighted by atomic mass is 10.0. The standard InChI is InChI=1S/C16H23N3O8S3/c1-4-19(14(22)7-18-13(21)8-27-10(3)20)12-6-15(30(17,25)26)28-16-11(12)5-9(2)29(16,23)24/h6,9,12H,4-5,7-8H2,1-3H3,(H,18,21)(H2,17,25,26)/t9-,12-/m0/s1. The third-order valence-electron chi connectivity index (χ3n) is 4.52. The first-order valence-corrected chi connectivity index (χ1v) is 12.8. The lowest BCUT2D eigenvalue weighted by Crippen LogP contribution is -2.47. The Morgan fingerprint density at radius 1 is 1.37 bits per heavy atom. The van der Waals surface area contributed by atoms with E-state index < -0.39 is 62.1 Å². The Morgan fingerprint density at radius 2 is 2.00 bits per heavy atom. The van der Waals surface area contributed by atoms with Gasteiger partial charge in [-0.25, -0.2) is 22.0 Å². The predicted molar refractivity (Wildman–Crippen MR) is 110 cm³/mol. The van der Waals surface area contributed by atoms with Crippen LogP contribution in [0.1, 0.15) is 27.2 Å². The van der Waals surface area contributed by atoms with E-state index in [2.05, 4.69) is 10.1 Å². The number of sulfone groups is 1. The van der Waals surface area contributed by atoms with Gasteiger partial charge in [0, 0.05) is 13.5 Å². The molecule has 168 valence electrons. The molecule has 0 aromatic carbocycles. The van der Waals surface area contributed by atoms with Gasteiger partial charge in [0.05, 0.1) is 17.8 Å². The smallest absolute Gasteiger partial charge is 0.303 e. The van der Waals surface area contributed by atoms with E-state index in [4.69, 9.17) is 5.14 Å². The maximum Gasteiger partial charge on any atom is 0.303 e. The molecule has 2 heterocycles. The van der Waals surface area contributed by atoms with Crippen LogP contribution in [0.3, 0.4) is 0 Å². The molecule has 2 rings (SSSR count). The normalized spacial score (nSPS) is 22.7. The maximum atomic E-state index is 12.7. The van der Waals surface area contributed by atoms with Gasteiger partial charge in [-0.2, -0.15) is 0 Å². The number of amides is 2. The van der Waals surface area contributed by atoms with Crippen molar-refractivity contribution >= 4 is 49.4 Å². The number of thioether (sulfide) groups is 1. The van der Waals surface area contributed by atoms with Crippen molar-refractivity contribution in [2.24, 2.45) is 5.14 Å². The lowest BCUT2D eigenvalue weighted by molar-refractivity contribution is -0.146. The van der Waals surface area contributed by atoms with Crippen LogP contribution >= 0.6 is 11.8 Å². The number of hydrogen-bond donors (Lipinski definition) is 2. The molecule has 2 aliphatic heterocycles. The van der Waals surface area contributed by atoms with Crippen molar-refractivity contribution in [2.75, 3.05) is 19.7 Å². The van der Waals surface area contributed by atoms with Crippen LogP contribution in [-0.2, 0) is 39.0 Å². The Kier molecular flexibility index (Phi) is 7.37. The number of ether oxygens (including phenoxy) is 1. The Balaban J connectivity index is 2.30. The van der Waals surface area contributed by atoms with Crippen molar-refractivity contribution in [3.63, 3.8) is 0 Å². The fraction of sp³-hybridized carbons (Fsp3) is 0.562. The minimum absolute atomic E-state index is 0.100. The van der Waals surface area contributed by atoms with Gasteiger partial charge in [-0.1, -0.05) is 11.8 Å². The summed E-state index contributed by atoms with van der Waals surface area (Å²) in [5, 5.41) is 6.76. The van der Waals surface area contributed by atoms with E-state index in [1.807, 2.05) is 0 Å². The molecule has 0 bridgehead atoms. The Hall–Kier alpha value is -1.90. The molecule has 11 nitrogen and oxygen atoms in total. The summed E-state index contributed by atoms with van der Waals surface area (Å²) in [6.45, 7) is 3.41. The van der Waals surface area contributed by atoms with Crippen LogP contribution in [-0.4, -0.2) is 70.5 Å². The van der Waals surface area contributed by atoms with Crippen LogP contribution in [0.15, 0.2) is 20.1 Å². The van der Waals surface area contributed by atoms with E-state index in [-0.39, 0.29) is 21.4 Å². The molecule has 0 aliphatic carbocycles. The minimum atomic E-state index is -4.20. The quantitative estimate of drug-likeness (QED) is 0.441. The summed E-state index contributed by atoms with van der Waals surface area (Å²) in [5.41, 5.74) is 0.418. The average molecular weight is 482 g/mol. The van der Waals surface area contributed by atoms with Crippen LogP contribution in [0, 0.1) is 0 Å². The third-order valence-corrected chi connectivity index (χ3v) is 9.90. The van der Waals surface area contributed by atoms with E-state index in [1.54, 1.807) is 6.92 Å². The highest BCUT2D eigenvalue weighted by Gasteiger charge is 2.45. The molecule has 0 saturated heterocycles. The molecule has 2 amide bonds. The topological polar surface area (TPSA) is 170 Å². The fourth-order valence-corrected chi connectivity index (χ4v) is 7.51. The van der Waals surface area contributed by atoms with E-state index in [0.29, 0.717) is 17.3 Å². The summed E-state index contributed by atoms with van der Waals surface area (Å²) in [6.07, 6.45) is 1.40. The largest absolute Gasteiger partial charge is 0.456 e. The van der Waals surface area contributed by atoms with Gasteiger partial charge >= 0.3 is 5.97 Å². The summed E-state index contributed by atoms with van der Waals surface area (Å²) in [7, 11) is -7.94. The van der Waals surface area contributed by atoms with Crippen molar-refractivity contribution < 1.29 is 36.0 Å². The monoisotopic (exact) mass is 481 g/mol. The Labute approximate surface area is 179 Å². The molecule has 0 aromatic rings. The molecular weight excluding hydrogens is 458 g/mol. The Bertz CT molecular complexity index is 1030. The molecule has 0 radical (unpaired) electrons. The summed E-state index contributed by atoms with van der Waals surface area (Å²) >= 11 is 0.574. The molecule has 0 saturated carbocycles. The first-order chi connectivity index (χ1) is 13.8. The predicted octanol–water partition coefficient (Wildman–Crippen LogP) is -0.822. The first kappa shape index (κ1) is 24.4. The molecule has 0 spiro atoms. The molecule has 0 fully saturated rings. The fourth-order valence-electron chi connectivity index (χ4n) is 3.04. The van der Waals surface area contributed by atoms with Gasteiger partial charge < -0.3 is 15.0 Å². The second kappa shape index (κ2) is 9.08. The lowest BCUT2D eigenvalue weighted by Gasteiger charge is -2.32. The zero-order valence-electron chi connectivity index (χ0n) is 16.6. The number of esters is 1. The van der Waals surface area contributed by atoms with Gasteiger partial charge in [0.1, 0.15) is 8.47 Å². The van der Waals surface area contributed by atoms with Crippen molar-refractivity contribution in [1.29, 1.82) is 0 Å². The summed E-state index contributed by atoms with van der Waals surface area (Å²) in [6, 6.07) is -0.933. The van der Waals surface area contributed by atoms with Gasteiger partial charge in [0.2, 0.25) is 15.9 Å². The van der Waals surface area contributed by atoms with Gasteiger partial charge in [0.15, 0.2) is 16.4 Å². The number of primary sulfonamides is 1. The number of carbonyl (C=O) groups excluding carboxylic acids is 3. The average Bonchev–Trinajstić information content (AvgIpc) is 2.87. The van der Waals surface area contributed by atoms with Crippen molar-refractivity contribution in [2.45, 2.75) is 38.5 Å². The molecule has 0 unspecified atom stereocenters. The highest BCUT2D eigenvalue weighted by atomic mass is 32.3. The second-order valence-electron chi connectivity index (χ2n) is 6.69. The highest BCUT2D eigenvalue weighted by molar-refractivity contribution is 8.27. The van der Waals surface area contributed by atoms with E-state index in [9.17, 15) is 31.2 Å². The van der Waals surface area contributed by atoms with Crippen LogP contribution in [0.5, 0.6) is 0 Å². The van der Waals surface area contributed by atoms with Crippen LogP contribution < -0.4 is 10.5 Å². The zero-order valence-corrected chi connectivity index (χ0v) is 19.0. The number of likely N-dealkylation sites (N-methyl/N-ethyl adjacent to an activating group) is 1. The molecule has 14 heteroatoms. The number of carbonyl (C=O) groups is 3. The van der Waals surface area contributed by atoms with E-state index in [0.717, 1.165) is 6.92 Å². The number of sulfonamides is 1. The maximum absolute atomic E-state index is 12.7. The molecule has 30 heavy (non-hydrogen) atoms. The summed E-state index contributed by atoms with van der Waals surface area (Å²) < 4.78 is 53.1. The molecule has 3 N–H and O–H groups in total. The number of nitrogens with zero attached hydrogens (tertiary/aromatic N) is 1. The van der Waals surface area contributed by atoms with Gasteiger partial charge in [-0.3, -0.25) is 14.4 Å². The highest BCUT2D eigenvalue weighted by Crippen LogP contribution is 2.48. The minimum Gasteiger partial charge on any atom is -0.456 e. The van der Waals surface area contributed by atoms with E-state index >= 15 is 0 Å². The first-order valence-electron chi connectivity index (χ1n) is 8.88. The number of nitrogens with one attached hydrogen (secondary N) is 1. The van der Waals surface area contributed by atoms with Crippen molar-refractivity contribution in [3.05, 3.63) is 20.1 Å². The molecule has 2 aliphatic rings. The van der Waals surface area contributed by atoms with E-state index in [1.165, 1.54) is 17.9 Å². The zero-order chi connectivity index (χ0) is 22.9. The summed E-state index contributed by atoms with van der Waals surface area (Å²) in [4.78, 5) is 36.4. The van der Waals surface area contributed by atoms with Crippen molar-refractivity contribution in [1.82, 2.24) is 10.2 Å². The molecule has 2 atom stereocenters. The second-order valence-corrected chi connectivity index (χ2v) is 12.1. The SMILES string of the molecule is CCN(C(=O)CNC(=O)COC(C)=O)[C@H]1C=C(S(N)(=O)=O)SC2=C1C[C@H](C)S2(=O)=O. The van der Waals surface area contributed by atoms with Gasteiger partial charge in [-0.05, 0) is 31.9 Å². The molecule has 0 aromatic heterocycles. The van der Waals surface area contributed by atoms with Gasteiger partial charge in [-0.15, -0.1) is 0 Å². The Morgan fingerprint density at radius 3 is 2.53 bits per heavy atom. The van der Waals surface area contributed by atoms with Crippen LogP contribution in [0.4, 0.5) is 0 Å². The van der Waals surface area contributed by atoms with Crippen LogP contribution in [0.2, 0.25) is 0 Å². The number of hydrogen-bond acceptors (Lipinski definition) is 9. The summed E-state index contributed by atoms with van der Waals surface area (Å²) in [5.74, 6) is -1.91.